The summed E-state index contributed by atoms with van der Waals surface area (Å²) in [6.07, 6.45) is 0.0482. The maximum atomic E-state index is 12.5. The molecule has 0 bridgehead atoms. The molecule has 0 aliphatic carbocycles. The van der Waals surface area contributed by atoms with Crippen LogP contribution in [0.1, 0.15) is 45.0 Å². The summed E-state index contributed by atoms with van der Waals surface area (Å²) in [5, 5.41) is 5.70. The minimum absolute atomic E-state index is 0.0482. The van der Waals surface area contributed by atoms with Crippen LogP contribution in [0.25, 0.3) is 0 Å². The first-order chi connectivity index (χ1) is 12.6. The van der Waals surface area contributed by atoms with Gasteiger partial charge in [-0.15, -0.1) is 0 Å². The van der Waals surface area contributed by atoms with Crippen molar-refractivity contribution in [1.29, 1.82) is 0 Å². The second-order valence-electron chi connectivity index (χ2n) is 7.55. The van der Waals surface area contributed by atoms with Crippen LogP contribution in [-0.2, 0) is 4.79 Å². The van der Waals surface area contributed by atoms with Gasteiger partial charge < -0.3 is 15.4 Å². The fraction of sp³-hybridized carbons (Fsp3) is 0.333. The average Bonchev–Trinajstić information content (AvgIpc) is 2.55. The van der Waals surface area contributed by atoms with Gasteiger partial charge in [-0.3, -0.25) is 9.59 Å². The summed E-state index contributed by atoms with van der Waals surface area (Å²) in [6, 6.07) is 12.3. The molecule has 2 aromatic rings. The normalized spacial score (nSPS) is 11.2. The summed E-state index contributed by atoms with van der Waals surface area (Å²) in [4.78, 5) is 24.7. The molecule has 2 rings (SSSR count). The second-order valence-corrected chi connectivity index (χ2v) is 8.41. The molecule has 2 aromatic carbocycles. The Kier molecular flexibility index (Phi) is 6.65. The fourth-order valence-electron chi connectivity index (χ4n) is 2.19. The zero-order valence-corrected chi connectivity index (χ0v) is 17.8. The van der Waals surface area contributed by atoms with Crippen LogP contribution in [0.5, 0.6) is 5.75 Å². The van der Waals surface area contributed by atoms with Gasteiger partial charge in [-0.25, -0.2) is 0 Å². The third kappa shape index (κ3) is 6.10. The molecule has 0 spiro atoms. The third-order valence-corrected chi connectivity index (χ3v) is 4.24. The van der Waals surface area contributed by atoms with Crippen LogP contribution < -0.4 is 15.4 Å². The molecule has 0 radical (unpaired) electrons. The van der Waals surface area contributed by atoms with Gasteiger partial charge >= 0.3 is 0 Å². The molecule has 0 fully saturated rings. The van der Waals surface area contributed by atoms with Crippen molar-refractivity contribution in [3.63, 3.8) is 0 Å². The lowest BCUT2D eigenvalue weighted by Crippen LogP contribution is -2.27. The highest BCUT2D eigenvalue weighted by Crippen LogP contribution is 2.27. The van der Waals surface area contributed by atoms with Gasteiger partial charge in [0.15, 0.2) is 0 Å². The van der Waals surface area contributed by atoms with E-state index in [1.165, 1.54) is 0 Å². The molecule has 0 saturated carbocycles. The van der Waals surface area contributed by atoms with Gasteiger partial charge in [-0.1, -0.05) is 26.8 Å². The number of benzene rings is 2. The van der Waals surface area contributed by atoms with Crippen molar-refractivity contribution in [2.45, 2.75) is 40.7 Å². The molecule has 27 heavy (non-hydrogen) atoms. The molecule has 5 nitrogen and oxygen atoms in total. The molecule has 2 N–H and O–H groups in total. The smallest absolute Gasteiger partial charge is 0.255 e. The van der Waals surface area contributed by atoms with Crippen molar-refractivity contribution in [1.82, 2.24) is 0 Å². The lowest BCUT2D eigenvalue weighted by atomic mass is 9.95. The van der Waals surface area contributed by atoms with Gasteiger partial charge in [-0.2, -0.15) is 0 Å². The molecule has 0 atom stereocenters. The van der Waals surface area contributed by atoms with Gasteiger partial charge in [0, 0.05) is 22.4 Å². The van der Waals surface area contributed by atoms with Crippen LogP contribution in [0, 0.1) is 5.41 Å². The minimum Gasteiger partial charge on any atom is -0.490 e. The van der Waals surface area contributed by atoms with E-state index in [0.29, 0.717) is 22.7 Å². The van der Waals surface area contributed by atoms with Gasteiger partial charge in [0.2, 0.25) is 5.91 Å². The molecule has 6 heteroatoms. The second kappa shape index (κ2) is 8.57. The number of rotatable bonds is 5. The molecule has 0 saturated heterocycles. The van der Waals surface area contributed by atoms with Crippen molar-refractivity contribution in [2.24, 2.45) is 5.41 Å². The first kappa shape index (κ1) is 21.0. The lowest BCUT2D eigenvalue weighted by Gasteiger charge is -2.18. The Balaban J connectivity index is 2.11. The molecule has 2 amide bonds. The van der Waals surface area contributed by atoms with Crippen molar-refractivity contribution in [3.05, 3.63) is 52.5 Å². The number of nitrogens with one attached hydrogen (secondary N) is 2. The SMILES string of the molecule is CC(C)Oc1ccc(C(=O)Nc2cccc(NC(=O)C(C)(C)C)c2)cc1Br. The van der Waals surface area contributed by atoms with Crippen LogP contribution >= 0.6 is 15.9 Å². The van der Waals surface area contributed by atoms with Crippen molar-refractivity contribution in [3.8, 4) is 5.75 Å². The Morgan fingerprint density at radius 1 is 1.00 bits per heavy atom. The number of halogens is 1. The standard InChI is InChI=1S/C21H25BrN2O3/c1-13(2)27-18-10-9-14(11-17(18)22)19(25)23-15-7-6-8-16(12-15)24-20(26)21(3,4)5/h6-13H,1-5H3,(H,23,25)(H,24,26). The van der Waals surface area contributed by atoms with E-state index in [0.717, 1.165) is 4.47 Å². The summed E-state index contributed by atoms with van der Waals surface area (Å²) in [6.45, 7) is 9.42. The molecule has 144 valence electrons. The topological polar surface area (TPSA) is 67.4 Å². The van der Waals surface area contributed by atoms with E-state index in [4.69, 9.17) is 4.74 Å². The first-order valence-corrected chi connectivity index (χ1v) is 9.54. The molecule has 0 aromatic heterocycles. The molecule has 0 aliphatic heterocycles. The number of hydrogen-bond donors (Lipinski definition) is 2. The van der Waals surface area contributed by atoms with Crippen LogP contribution in [0.4, 0.5) is 11.4 Å². The maximum absolute atomic E-state index is 12.5. The van der Waals surface area contributed by atoms with Crippen LogP contribution in [-0.4, -0.2) is 17.9 Å². The molecular weight excluding hydrogens is 408 g/mol. The first-order valence-electron chi connectivity index (χ1n) is 8.75. The van der Waals surface area contributed by atoms with E-state index in [2.05, 4.69) is 26.6 Å². The highest BCUT2D eigenvalue weighted by Gasteiger charge is 2.21. The predicted octanol–water partition coefficient (Wildman–Crippen LogP) is 5.47. The van der Waals surface area contributed by atoms with Crippen molar-refractivity contribution >= 4 is 39.1 Å². The van der Waals surface area contributed by atoms with E-state index in [-0.39, 0.29) is 17.9 Å². The molecule has 0 unspecified atom stereocenters. The van der Waals surface area contributed by atoms with Gasteiger partial charge in [0.1, 0.15) is 5.75 Å². The monoisotopic (exact) mass is 432 g/mol. The van der Waals surface area contributed by atoms with Gasteiger partial charge in [0.05, 0.1) is 10.6 Å². The van der Waals surface area contributed by atoms with Crippen LogP contribution in [0.15, 0.2) is 46.9 Å². The number of anilines is 2. The van der Waals surface area contributed by atoms with E-state index < -0.39 is 5.41 Å². The highest BCUT2D eigenvalue weighted by molar-refractivity contribution is 9.10. The number of carbonyl (C=O) groups is 2. The van der Waals surface area contributed by atoms with E-state index in [9.17, 15) is 9.59 Å². The highest BCUT2D eigenvalue weighted by atomic mass is 79.9. The summed E-state index contributed by atoms with van der Waals surface area (Å²) >= 11 is 3.43. The quantitative estimate of drug-likeness (QED) is 0.657. The molecular formula is C21H25BrN2O3. The Morgan fingerprint density at radius 3 is 2.19 bits per heavy atom. The maximum Gasteiger partial charge on any atom is 0.255 e. The summed E-state index contributed by atoms with van der Waals surface area (Å²) < 4.78 is 6.38. The van der Waals surface area contributed by atoms with E-state index in [1.54, 1.807) is 42.5 Å². The number of ether oxygens (including phenoxy) is 1. The number of hydrogen-bond acceptors (Lipinski definition) is 3. The largest absolute Gasteiger partial charge is 0.490 e. The minimum atomic E-state index is -0.495. The Bertz CT molecular complexity index is 842. The summed E-state index contributed by atoms with van der Waals surface area (Å²) in [7, 11) is 0. The third-order valence-electron chi connectivity index (χ3n) is 3.62. The number of amides is 2. The van der Waals surface area contributed by atoms with Crippen LogP contribution in [0.3, 0.4) is 0 Å². The van der Waals surface area contributed by atoms with Gasteiger partial charge in [0.25, 0.3) is 5.91 Å². The van der Waals surface area contributed by atoms with Crippen LogP contribution in [0.2, 0.25) is 0 Å². The summed E-state index contributed by atoms with van der Waals surface area (Å²) in [5.41, 5.74) is 1.24. The van der Waals surface area contributed by atoms with Crippen molar-refractivity contribution in [2.75, 3.05) is 10.6 Å². The zero-order valence-electron chi connectivity index (χ0n) is 16.2. The average molecular weight is 433 g/mol. The molecule has 0 aliphatic rings. The Labute approximate surface area is 168 Å². The van der Waals surface area contributed by atoms with E-state index >= 15 is 0 Å². The van der Waals surface area contributed by atoms with E-state index in [1.807, 2.05) is 34.6 Å². The fourth-order valence-corrected chi connectivity index (χ4v) is 2.66. The van der Waals surface area contributed by atoms with Crippen molar-refractivity contribution < 1.29 is 14.3 Å². The lowest BCUT2D eigenvalue weighted by molar-refractivity contribution is -0.123. The Morgan fingerprint density at radius 2 is 1.63 bits per heavy atom. The Hall–Kier alpha value is -2.34. The number of carbonyl (C=O) groups excluding carboxylic acids is 2. The molecule has 0 heterocycles. The predicted molar refractivity (Wildman–Crippen MR) is 112 cm³/mol. The zero-order chi connectivity index (χ0) is 20.2. The summed E-state index contributed by atoms with van der Waals surface area (Å²) in [5.74, 6) is 0.357. The van der Waals surface area contributed by atoms with Gasteiger partial charge in [-0.05, 0) is 66.2 Å².